The van der Waals surface area contributed by atoms with Gasteiger partial charge in [-0.05, 0) is 46.8 Å². The maximum Gasteiger partial charge on any atom is 0.265 e. The van der Waals surface area contributed by atoms with E-state index in [0.717, 1.165) is 41.8 Å². The fraction of sp³-hybridized carbons (Fsp3) is 0.615. The Hall–Kier alpha value is -0.390. The first-order valence-electron chi connectivity index (χ1n) is 6.36. The van der Waals surface area contributed by atoms with E-state index in [4.69, 9.17) is 0 Å². The van der Waals surface area contributed by atoms with Crippen molar-refractivity contribution in [2.24, 2.45) is 0 Å². The molecule has 1 fully saturated rings. The molecule has 100 valence electrons. The van der Waals surface area contributed by atoms with Crippen LogP contribution in [0.15, 0.2) is 15.9 Å². The van der Waals surface area contributed by atoms with Gasteiger partial charge in [0.05, 0.1) is 0 Å². The van der Waals surface area contributed by atoms with E-state index in [2.05, 4.69) is 27.8 Å². The zero-order valence-electron chi connectivity index (χ0n) is 10.9. The topological polar surface area (TPSA) is 23.6 Å². The third-order valence-electron chi connectivity index (χ3n) is 3.68. The summed E-state index contributed by atoms with van der Waals surface area (Å²) in [6, 6.07) is 2.32. The van der Waals surface area contributed by atoms with Crippen LogP contribution in [0.4, 0.5) is 0 Å². The van der Waals surface area contributed by atoms with Crippen molar-refractivity contribution in [1.29, 1.82) is 0 Å². The first-order valence-corrected chi connectivity index (χ1v) is 8.03. The molecular weight excluding hydrogens is 312 g/mol. The van der Waals surface area contributed by atoms with Crippen LogP contribution in [0.5, 0.6) is 0 Å². The average Bonchev–Trinajstić information content (AvgIpc) is 2.83. The van der Waals surface area contributed by atoms with E-state index in [1.807, 2.05) is 23.4 Å². The molecule has 0 spiro atoms. The summed E-state index contributed by atoms with van der Waals surface area (Å²) < 4.78 is 0.912. The molecule has 1 aromatic heterocycles. The van der Waals surface area contributed by atoms with E-state index in [0.29, 0.717) is 6.04 Å². The fourth-order valence-electron chi connectivity index (χ4n) is 2.40. The van der Waals surface area contributed by atoms with Gasteiger partial charge in [-0.15, -0.1) is 11.3 Å². The van der Waals surface area contributed by atoms with E-state index in [-0.39, 0.29) is 5.91 Å². The molecule has 3 nitrogen and oxygen atoms in total. The van der Waals surface area contributed by atoms with E-state index in [1.165, 1.54) is 11.3 Å². The van der Waals surface area contributed by atoms with Crippen LogP contribution in [0.1, 0.15) is 29.4 Å². The van der Waals surface area contributed by atoms with Gasteiger partial charge in [-0.1, -0.05) is 6.92 Å². The third-order valence-corrected chi connectivity index (χ3v) is 5.51. The van der Waals surface area contributed by atoms with Gasteiger partial charge in [0.15, 0.2) is 0 Å². The van der Waals surface area contributed by atoms with E-state index in [9.17, 15) is 4.79 Å². The number of nitrogens with zero attached hydrogens (tertiary/aromatic N) is 2. The molecule has 5 heteroatoms. The minimum atomic E-state index is 0.145. The van der Waals surface area contributed by atoms with E-state index in [1.54, 1.807) is 0 Å². The van der Waals surface area contributed by atoms with Crippen molar-refractivity contribution < 1.29 is 4.79 Å². The summed E-state index contributed by atoms with van der Waals surface area (Å²) in [7, 11) is 1.93. The van der Waals surface area contributed by atoms with Gasteiger partial charge in [0.1, 0.15) is 4.88 Å². The predicted molar refractivity (Wildman–Crippen MR) is 79.2 cm³/mol. The predicted octanol–water partition coefficient (Wildman–Crippen LogP) is 3.07. The Balaban J connectivity index is 1.98. The molecule has 0 unspecified atom stereocenters. The van der Waals surface area contributed by atoms with Crippen molar-refractivity contribution >= 4 is 33.2 Å². The third kappa shape index (κ3) is 2.95. The number of carbonyl (C=O) groups is 1. The molecule has 1 aromatic rings. The Labute approximate surface area is 121 Å². The normalized spacial score (nSPS) is 17.9. The van der Waals surface area contributed by atoms with Gasteiger partial charge in [-0.2, -0.15) is 0 Å². The van der Waals surface area contributed by atoms with Crippen LogP contribution in [-0.2, 0) is 0 Å². The number of hydrogen-bond donors (Lipinski definition) is 0. The number of amides is 1. The van der Waals surface area contributed by atoms with Crippen LogP contribution in [0, 0.1) is 0 Å². The van der Waals surface area contributed by atoms with Crippen molar-refractivity contribution in [1.82, 2.24) is 9.80 Å². The number of carbonyl (C=O) groups excluding carboxylic acids is 1. The van der Waals surface area contributed by atoms with Crippen LogP contribution >= 0.6 is 27.3 Å². The Bertz CT molecular complexity index is 413. The zero-order valence-corrected chi connectivity index (χ0v) is 13.3. The van der Waals surface area contributed by atoms with Crippen molar-refractivity contribution in [2.75, 3.05) is 26.7 Å². The van der Waals surface area contributed by atoms with Gasteiger partial charge >= 0.3 is 0 Å². The molecule has 2 heterocycles. The summed E-state index contributed by atoms with van der Waals surface area (Å²) in [6.07, 6.45) is 2.16. The monoisotopic (exact) mass is 330 g/mol. The second kappa shape index (κ2) is 6.17. The SMILES string of the molecule is CCN1CCC(N(C)C(=O)c2sccc2Br)CC1. The molecule has 1 aliphatic rings. The Kier molecular flexibility index (Phi) is 4.81. The van der Waals surface area contributed by atoms with Crippen LogP contribution in [0.2, 0.25) is 0 Å². The number of rotatable bonds is 3. The highest BCUT2D eigenvalue weighted by Crippen LogP contribution is 2.26. The van der Waals surface area contributed by atoms with Crippen LogP contribution < -0.4 is 0 Å². The Morgan fingerprint density at radius 2 is 2.22 bits per heavy atom. The summed E-state index contributed by atoms with van der Waals surface area (Å²) in [5.41, 5.74) is 0. The number of piperidine rings is 1. The smallest absolute Gasteiger partial charge is 0.265 e. The maximum atomic E-state index is 12.4. The summed E-state index contributed by atoms with van der Waals surface area (Å²) in [5.74, 6) is 0.145. The summed E-state index contributed by atoms with van der Waals surface area (Å²) in [6.45, 7) is 5.51. The molecule has 0 saturated carbocycles. The van der Waals surface area contributed by atoms with E-state index < -0.39 is 0 Å². The van der Waals surface area contributed by atoms with Gasteiger partial charge < -0.3 is 9.80 Å². The summed E-state index contributed by atoms with van der Waals surface area (Å²) in [5, 5.41) is 1.95. The highest BCUT2D eigenvalue weighted by Gasteiger charge is 2.26. The summed E-state index contributed by atoms with van der Waals surface area (Å²) in [4.78, 5) is 17.5. The lowest BCUT2D eigenvalue weighted by Gasteiger charge is -2.36. The molecular formula is C13H19BrN2OS. The van der Waals surface area contributed by atoms with Gasteiger partial charge in [-0.3, -0.25) is 4.79 Å². The van der Waals surface area contributed by atoms with E-state index >= 15 is 0 Å². The lowest BCUT2D eigenvalue weighted by molar-refractivity contribution is 0.0651. The molecule has 1 saturated heterocycles. The fourth-order valence-corrected chi connectivity index (χ4v) is 3.92. The molecule has 1 aliphatic heterocycles. The largest absolute Gasteiger partial charge is 0.338 e. The van der Waals surface area contributed by atoms with Crippen molar-refractivity contribution in [3.63, 3.8) is 0 Å². The van der Waals surface area contributed by atoms with Gasteiger partial charge in [-0.25, -0.2) is 0 Å². The zero-order chi connectivity index (χ0) is 13.1. The average molecular weight is 331 g/mol. The van der Waals surface area contributed by atoms with Crippen molar-refractivity contribution in [3.05, 3.63) is 20.8 Å². The first kappa shape index (κ1) is 14.0. The lowest BCUT2D eigenvalue weighted by Crippen LogP contribution is -2.45. The van der Waals surface area contributed by atoms with Crippen molar-refractivity contribution in [3.8, 4) is 0 Å². The second-order valence-corrected chi connectivity index (χ2v) is 6.45. The van der Waals surface area contributed by atoms with Crippen LogP contribution in [-0.4, -0.2) is 48.4 Å². The lowest BCUT2D eigenvalue weighted by atomic mass is 10.0. The molecule has 0 N–H and O–H groups in total. The number of hydrogen-bond acceptors (Lipinski definition) is 3. The molecule has 0 aliphatic carbocycles. The highest BCUT2D eigenvalue weighted by molar-refractivity contribution is 9.10. The molecule has 18 heavy (non-hydrogen) atoms. The molecule has 0 aromatic carbocycles. The minimum Gasteiger partial charge on any atom is -0.338 e. The van der Waals surface area contributed by atoms with Crippen LogP contribution in [0.25, 0.3) is 0 Å². The molecule has 1 amide bonds. The molecule has 2 rings (SSSR count). The summed E-state index contributed by atoms with van der Waals surface area (Å²) >= 11 is 4.94. The first-order chi connectivity index (χ1) is 8.63. The molecule has 0 radical (unpaired) electrons. The Morgan fingerprint density at radius 3 is 2.72 bits per heavy atom. The number of halogens is 1. The Morgan fingerprint density at radius 1 is 1.56 bits per heavy atom. The molecule has 0 bridgehead atoms. The second-order valence-electron chi connectivity index (χ2n) is 4.68. The number of likely N-dealkylation sites (tertiary alicyclic amines) is 1. The van der Waals surface area contributed by atoms with Gasteiger partial charge in [0, 0.05) is 30.7 Å². The van der Waals surface area contributed by atoms with Crippen LogP contribution in [0.3, 0.4) is 0 Å². The van der Waals surface area contributed by atoms with Crippen molar-refractivity contribution in [2.45, 2.75) is 25.8 Å². The maximum absolute atomic E-state index is 12.4. The minimum absolute atomic E-state index is 0.145. The number of thiophene rings is 1. The quantitative estimate of drug-likeness (QED) is 0.850. The van der Waals surface area contributed by atoms with Gasteiger partial charge in [0.2, 0.25) is 0 Å². The van der Waals surface area contributed by atoms with Gasteiger partial charge in [0.25, 0.3) is 5.91 Å². The molecule has 0 atom stereocenters. The standard InChI is InChI=1S/C13H19BrN2OS/c1-3-16-7-4-10(5-8-16)15(2)13(17)12-11(14)6-9-18-12/h6,9-10H,3-5,7-8H2,1-2H3. The highest BCUT2D eigenvalue weighted by atomic mass is 79.9.